The number of nitrogens with one attached hydrogen (secondary N) is 2. The van der Waals surface area contributed by atoms with Crippen LogP contribution in [-0.4, -0.2) is 43.8 Å². The Morgan fingerprint density at radius 2 is 1.82 bits per heavy atom. The molecule has 2 N–H and O–H groups in total. The molecule has 0 aliphatic carbocycles. The van der Waals surface area contributed by atoms with E-state index in [-0.39, 0.29) is 16.8 Å². The van der Waals surface area contributed by atoms with E-state index < -0.39 is 32.0 Å². The number of anilines is 2. The fourth-order valence-electron chi connectivity index (χ4n) is 2.71. The van der Waals surface area contributed by atoms with Gasteiger partial charge in [0.25, 0.3) is 5.91 Å². The van der Waals surface area contributed by atoms with Crippen molar-refractivity contribution in [3.63, 3.8) is 0 Å². The molecule has 13 heteroatoms. The van der Waals surface area contributed by atoms with Gasteiger partial charge in [-0.25, -0.2) is 13.4 Å². The molecule has 0 bridgehead atoms. The minimum Gasteiger partial charge on any atom is -0.497 e. The van der Waals surface area contributed by atoms with Crippen molar-refractivity contribution in [3.05, 3.63) is 65.2 Å². The molecular weight excluding hydrogens is 508 g/mol. The van der Waals surface area contributed by atoms with Gasteiger partial charge in [-0.1, -0.05) is 12.1 Å². The number of hydrogen-bond donors (Lipinski definition) is 2. The topological polar surface area (TPSA) is 114 Å². The molecular formula is C21H19F2N3O5S3. The van der Waals surface area contributed by atoms with Gasteiger partial charge in [-0.15, -0.1) is 23.1 Å². The molecule has 0 spiro atoms. The number of rotatable bonds is 10. The average Bonchev–Trinajstić information content (AvgIpc) is 3.26. The van der Waals surface area contributed by atoms with Crippen LogP contribution >= 0.6 is 23.1 Å². The quantitative estimate of drug-likeness (QED) is 0.405. The lowest BCUT2D eigenvalue weighted by molar-refractivity contribution is -0.113. The third-order valence-corrected chi connectivity index (χ3v) is 7.51. The number of nitrogens with zero attached hydrogens (tertiary/aromatic N) is 1. The van der Waals surface area contributed by atoms with Crippen molar-refractivity contribution in [2.24, 2.45) is 0 Å². The van der Waals surface area contributed by atoms with Gasteiger partial charge in [0.05, 0.1) is 29.0 Å². The van der Waals surface area contributed by atoms with Crippen LogP contribution in [0.15, 0.2) is 58.8 Å². The SMILES string of the molecule is COc1ccc(NC(=O)CSCc2csc(NC(=O)c3ccccc3S(=O)(=O)C(F)F)n2)cc1. The van der Waals surface area contributed by atoms with Crippen LogP contribution in [0.25, 0.3) is 0 Å². The van der Waals surface area contributed by atoms with Gasteiger partial charge in [0.1, 0.15) is 5.75 Å². The highest BCUT2D eigenvalue weighted by molar-refractivity contribution is 7.99. The number of ether oxygens (including phenoxy) is 1. The van der Waals surface area contributed by atoms with Crippen LogP contribution in [0.2, 0.25) is 0 Å². The fraction of sp³-hybridized carbons (Fsp3) is 0.190. The molecule has 3 rings (SSSR count). The normalized spacial score (nSPS) is 11.3. The van der Waals surface area contributed by atoms with Crippen LogP contribution in [-0.2, 0) is 20.4 Å². The molecule has 0 saturated carbocycles. The summed E-state index contributed by atoms with van der Waals surface area (Å²) in [5, 5.41) is 7.04. The summed E-state index contributed by atoms with van der Waals surface area (Å²) in [6, 6.07) is 11.6. The van der Waals surface area contributed by atoms with Crippen LogP contribution in [0.5, 0.6) is 5.75 Å². The lowest BCUT2D eigenvalue weighted by Crippen LogP contribution is -2.19. The number of carbonyl (C=O) groups is 2. The van der Waals surface area contributed by atoms with Gasteiger partial charge in [0.15, 0.2) is 5.13 Å². The predicted molar refractivity (Wildman–Crippen MR) is 127 cm³/mol. The van der Waals surface area contributed by atoms with E-state index in [4.69, 9.17) is 4.74 Å². The molecule has 0 aliphatic heterocycles. The van der Waals surface area contributed by atoms with E-state index in [1.165, 1.54) is 23.9 Å². The number of benzene rings is 2. The van der Waals surface area contributed by atoms with Crippen LogP contribution in [0, 0.1) is 0 Å². The predicted octanol–water partition coefficient (Wildman–Crippen LogP) is 4.27. The number of thiazole rings is 1. The summed E-state index contributed by atoms with van der Waals surface area (Å²) in [6.07, 6.45) is 0. The fourth-order valence-corrected chi connectivity index (χ4v) is 5.17. The van der Waals surface area contributed by atoms with Crippen molar-refractivity contribution < 1.29 is 31.5 Å². The maximum absolute atomic E-state index is 12.9. The van der Waals surface area contributed by atoms with Crippen molar-refractivity contribution >= 4 is 55.6 Å². The Morgan fingerprint density at radius 3 is 2.50 bits per heavy atom. The third kappa shape index (κ3) is 6.52. The summed E-state index contributed by atoms with van der Waals surface area (Å²) >= 11 is 2.40. The van der Waals surface area contributed by atoms with Crippen LogP contribution in [0.4, 0.5) is 19.6 Å². The Kier molecular flexibility index (Phi) is 8.58. The zero-order valence-electron chi connectivity index (χ0n) is 17.7. The first-order valence-electron chi connectivity index (χ1n) is 9.59. The average molecular weight is 528 g/mol. The zero-order valence-corrected chi connectivity index (χ0v) is 20.1. The van der Waals surface area contributed by atoms with E-state index in [1.807, 2.05) is 0 Å². The van der Waals surface area contributed by atoms with E-state index in [1.54, 1.807) is 36.8 Å². The first-order chi connectivity index (χ1) is 16.2. The minimum absolute atomic E-state index is 0.171. The van der Waals surface area contributed by atoms with Crippen LogP contribution in [0.1, 0.15) is 16.1 Å². The molecule has 1 aromatic heterocycles. The second kappa shape index (κ2) is 11.4. The summed E-state index contributed by atoms with van der Waals surface area (Å²) in [5.41, 5.74) is 0.833. The Labute approximate surface area is 202 Å². The number of alkyl halides is 2. The maximum Gasteiger partial charge on any atom is 0.341 e. The smallest absolute Gasteiger partial charge is 0.341 e. The lowest BCUT2D eigenvalue weighted by Gasteiger charge is -2.09. The highest BCUT2D eigenvalue weighted by Crippen LogP contribution is 2.25. The van der Waals surface area contributed by atoms with Crippen LogP contribution in [0.3, 0.4) is 0 Å². The van der Waals surface area contributed by atoms with Crippen molar-refractivity contribution in [2.45, 2.75) is 16.4 Å². The van der Waals surface area contributed by atoms with Gasteiger partial charge < -0.3 is 10.1 Å². The lowest BCUT2D eigenvalue weighted by atomic mass is 10.2. The molecule has 2 amide bonds. The largest absolute Gasteiger partial charge is 0.497 e. The molecule has 0 fully saturated rings. The number of thioether (sulfide) groups is 1. The first kappa shape index (κ1) is 25.6. The molecule has 3 aromatic rings. The van der Waals surface area contributed by atoms with Crippen molar-refractivity contribution in [2.75, 3.05) is 23.5 Å². The summed E-state index contributed by atoms with van der Waals surface area (Å²) < 4.78 is 54.6. The first-order valence-corrected chi connectivity index (χ1v) is 13.2. The molecule has 2 aromatic carbocycles. The minimum atomic E-state index is -4.94. The van der Waals surface area contributed by atoms with Crippen LogP contribution < -0.4 is 15.4 Å². The number of sulfone groups is 1. The Bertz CT molecular complexity index is 1260. The summed E-state index contributed by atoms with van der Waals surface area (Å²) in [4.78, 5) is 28.1. The van der Waals surface area contributed by atoms with Crippen molar-refractivity contribution in [1.82, 2.24) is 4.98 Å². The zero-order chi connectivity index (χ0) is 24.7. The van der Waals surface area contributed by atoms with Gasteiger partial charge in [-0.3, -0.25) is 14.9 Å². The second-order valence-corrected chi connectivity index (χ2v) is 10.4. The van der Waals surface area contributed by atoms with E-state index in [0.29, 0.717) is 22.9 Å². The van der Waals surface area contributed by atoms with Crippen molar-refractivity contribution in [3.8, 4) is 5.75 Å². The summed E-state index contributed by atoms with van der Waals surface area (Å²) in [7, 11) is -3.39. The highest BCUT2D eigenvalue weighted by atomic mass is 32.2. The van der Waals surface area contributed by atoms with E-state index in [0.717, 1.165) is 23.5 Å². The Balaban J connectivity index is 1.54. The molecule has 180 valence electrons. The number of hydrogen-bond acceptors (Lipinski definition) is 8. The molecule has 0 saturated heterocycles. The summed E-state index contributed by atoms with van der Waals surface area (Å²) in [5.74, 6) is -3.48. The Hall–Kier alpha value is -3.03. The number of aromatic nitrogens is 1. The molecule has 34 heavy (non-hydrogen) atoms. The standard InChI is InChI=1S/C21H19F2N3O5S3/c1-31-15-8-6-13(7-9-15)24-18(27)12-32-10-14-11-33-21(25-14)26-19(28)16-4-2-3-5-17(16)34(29,30)20(22)23/h2-9,11,20H,10,12H2,1H3,(H,24,27)(H,25,26,28). The number of methoxy groups -OCH3 is 1. The van der Waals surface area contributed by atoms with Gasteiger partial charge in [-0.05, 0) is 36.4 Å². The third-order valence-electron chi connectivity index (χ3n) is 4.30. The van der Waals surface area contributed by atoms with Gasteiger partial charge >= 0.3 is 5.76 Å². The second-order valence-electron chi connectivity index (χ2n) is 6.67. The molecule has 8 nitrogen and oxygen atoms in total. The van der Waals surface area contributed by atoms with Crippen molar-refractivity contribution in [1.29, 1.82) is 0 Å². The van der Waals surface area contributed by atoms with Gasteiger partial charge in [0, 0.05) is 16.8 Å². The molecule has 1 heterocycles. The number of halogens is 2. The Morgan fingerprint density at radius 1 is 1.12 bits per heavy atom. The number of carbonyl (C=O) groups excluding carboxylic acids is 2. The van der Waals surface area contributed by atoms with E-state index in [2.05, 4.69) is 15.6 Å². The van der Waals surface area contributed by atoms with Gasteiger partial charge in [0.2, 0.25) is 15.7 Å². The van der Waals surface area contributed by atoms with E-state index in [9.17, 15) is 26.8 Å². The molecule has 0 aliphatic rings. The summed E-state index contributed by atoms with van der Waals surface area (Å²) in [6.45, 7) is 0. The molecule has 0 unspecified atom stereocenters. The number of amides is 2. The monoisotopic (exact) mass is 527 g/mol. The van der Waals surface area contributed by atoms with E-state index >= 15 is 0 Å². The van der Waals surface area contributed by atoms with Gasteiger partial charge in [-0.2, -0.15) is 8.78 Å². The maximum atomic E-state index is 12.9. The highest BCUT2D eigenvalue weighted by Gasteiger charge is 2.31. The molecule has 0 atom stereocenters. The molecule has 0 radical (unpaired) electrons.